The third kappa shape index (κ3) is 4.66. The van der Waals surface area contributed by atoms with Gasteiger partial charge in [-0.2, -0.15) is 0 Å². The highest BCUT2D eigenvalue weighted by Gasteiger charge is 2.15. The molecule has 1 aromatic heterocycles. The first-order valence-electron chi connectivity index (χ1n) is 6.28. The van der Waals surface area contributed by atoms with Crippen molar-refractivity contribution in [3.05, 3.63) is 29.8 Å². The van der Waals surface area contributed by atoms with Crippen molar-refractivity contribution in [2.75, 3.05) is 24.9 Å². The molecular weight excluding hydrogens is 312 g/mol. The molecule has 0 saturated carbocycles. The van der Waals surface area contributed by atoms with E-state index in [2.05, 4.69) is 20.2 Å². The van der Waals surface area contributed by atoms with Gasteiger partial charge >= 0.3 is 0 Å². The lowest BCUT2D eigenvalue weighted by Gasteiger charge is -2.08. The van der Waals surface area contributed by atoms with Crippen molar-refractivity contribution in [2.24, 2.45) is 0 Å². The zero-order valence-electron chi connectivity index (χ0n) is 11.4. The highest BCUT2D eigenvalue weighted by atomic mass is 32.2. The normalized spacial score (nSPS) is 11.3. The van der Waals surface area contributed by atoms with Gasteiger partial charge in [0.15, 0.2) is 0 Å². The number of sulfonamides is 1. The van der Waals surface area contributed by atoms with Gasteiger partial charge in [-0.25, -0.2) is 8.42 Å². The molecule has 0 aliphatic rings. The minimum Gasteiger partial charge on any atom is -0.494 e. The molecular formula is C12H16N4O3S2. The molecule has 0 atom stereocenters. The lowest BCUT2D eigenvalue weighted by molar-refractivity contribution is 0.309. The van der Waals surface area contributed by atoms with E-state index in [9.17, 15) is 8.42 Å². The second-order valence-corrected chi connectivity index (χ2v) is 6.64. The Balaban J connectivity index is 1.97. The molecule has 1 heterocycles. The fourth-order valence-electron chi connectivity index (χ4n) is 1.55. The molecule has 21 heavy (non-hydrogen) atoms. The van der Waals surface area contributed by atoms with E-state index in [0.29, 0.717) is 12.4 Å². The van der Waals surface area contributed by atoms with Crippen LogP contribution < -0.4 is 14.8 Å². The minimum absolute atomic E-state index is 0.153. The fourth-order valence-corrected chi connectivity index (χ4v) is 3.24. The summed E-state index contributed by atoms with van der Waals surface area (Å²) in [6, 6.07) is 6.26. The van der Waals surface area contributed by atoms with Crippen LogP contribution >= 0.6 is 11.3 Å². The average molecular weight is 328 g/mol. The maximum atomic E-state index is 12.1. The van der Waals surface area contributed by atoms with Gasteiger partial charge in [0, 0.05) is 0 Å². The second kappa shape index (κ2) is 7.34. The zero-order chi connectivity index (χ0) is 15.1. The van der Waals surface area contributed by atoms with Crippen LogP contribution in [0, 0.1) is 0 Å². The van der Waals surface area contributed by atoms with Crippen molar-refractivity contribution in [3.63, 3.8) is 0 Å². The molecule has 114 valence electrons. The molecule has 2 rings (SSSR count). The molecule has 2 aromatic rings. The SMILES string of the molecule is CNCCCOc1ccc(S(=O)(=O)Nc2nncs2)cc1. The Hall–Kier alpha value is -1.71. The summed E-state index contributed by atoms with van der Waals surface area (Å²) in [5.74, 6) is 0.640. The summed E-state index contributed by atoms with van der Waals surface area (Å²) >= 11 is 1.12. The van der Waals surface area contributed by atoms with E-state index < -0.39 is 10.0 Å². The molecule has 2 N–H and O–H groups in total. The van der Waals surface area contributed by atoms with Crippen molar-refractivity contribution in [1.29, 1.82) is 0 Å². The Morgan fingerprint density at radius 3 is 2.67 bits per heavy atom. The number of nitrogens with zero attached hydrogens (tertiary/aromatic N) is 2. The number of aromatic nitrogens is 2. The first-order valence-corrected chi connectivity index (χ1v) is 8.64. The van der Waals surface area contributed by atoms with Gasteiger partial charge in [-0.15, -0.1) is 10.2 Å². The van der Waals surface area contributed by atoms with Crippen molar-refractivity contribution in [1.82, 2.24) is 15.5 Å². The van der Waals surface area contributed by atoms with Crippen LogP contribution in [0.1, 0.15) is 6.42 Å². The van der Waals surface area contributed by atoms with E-state index in [-0.39, 0.29) is 10.0 Å². The van der Waals surface area contributed by atoms with Gasteiger partial charge < -0.3 is 10.1 Å². The highest BCUT2D eigenvalue weighted by molar-refractivity contribution is 7.93. The molecule has 1 aromatic carbocycles. The van der Waals surface area contributed by atoms with E-state index in [4.69, 9.17) is 4.74 Å². The number of rotatable bonds is 8. The zero-order valence-corrected chi connectivity index (χ0v) is 13.1. The summed E-state index contributed by atoms with van der Waals surface area (Å²) < 4.78 is 32.0. The van der Waals surface area contributed by atoms with E-state index in [1.807, 2.05) is 7.05 Å². The van der Waals surface area contributed by atoms with Gasteiger partial charge in [0.1, 0.15) is 11.3 Å². The maximum absolute atomic E-state index is 12.1. The second-order valence-electron chi connectivity index (χ2n) is 4.13. The maximum Gasteiger partial charge on any atom is 0.263 e. The van der Waals surface area contributed by atoms with Gasteiger partial charge in [-0.1, -0.05) is 11.3 Å². The number of nitrogens with one attached hydrogen (secondary N) is 2. The molecule has 0 aliphatic heterocycles. The van der Waals surface area contributed by atoms with Crippen LogP contribution in [0.4, 0.5) is 5.13 Å². The molecule has 0 fully saturated rings. The Morgan fingerprint density at radius 2 is 2.05 bits per heavy atom. The van der Waals surface area contributed by atoms with Gasteiger partial charge in [0.25, 0.3) is 10.0 Å². The molecule has 0 amide bonds. The molecule has 0 bridgehead atoms. The summed E-state index contributed by atoms with van der Waals surface area (Å²) in [7, 11) is -1.76. The third-order valence-electron chi connectivity index (χ3n) is 2.56. The predicted octanol–water partition coefficient (Wildman–Crippen LogP) is 1.33. The average Bonchev–Trinajstić information content (AvgIpc) is 2.96. The van der Waals surface area contributed by atoms with Crippen LogP contribution in [0.3, 0.4) is 0 Å². The largest absolute Gasteiger partial charge is 0.494 e. The molecule has 0 spiro atoms. The fraction of sp³-hybridized carbons (Fsp3) is 0.333. The number of hydrogen-bond donors (Lipinski definition) is 2. The summed E-state index contributed by atoms with van der Waals surface area (Å²) in [6.45, 7) is 1.45. The van der Waals surface area contributed by atoms with Crippen molar-refractivity contribution < 1.29 is 13.2 Å². The number of ether oxygens (including phenoxy) is 1. The topological polar surface area (TPSA) is 93.2 Å². The summed E-state index contributed by atoms with van der Waals surface area (Å²) in [4.78, 5) is 0.153. The summed E-state index contributed by atoms with van der Waals surface area (Å²) in [5, 5.41) is 10.5. The Kier molecular flexibility index (Phi) is 5.48. The quantitative estimate of drug-likeness (QED) is 0.710. The molecule has 7 nitrogen and oxygen atoms in total. The van der Waals surface area contributed by atoms with Gasteiger partial charge in [-0.05, 0) is 44.3 Å². The van der Waals surface area contributed by atoms with Gasteiger partial charge in [0.2, 0.25) is 5.13 Å². The van der Waals surface area contributed by atoms with Crippen LogP contribution in [-0.4, -0.2) is 38.8 Å². The van der Waals surface area contributed by atoms with Gasteiger partial charge in [0.05, 0.1) is 11.5 Å². The number of anilines is 1. The molecule has 0 saturated heterocycles. The summed E-state index contributed by atoms with van der Waals surface area (Å²) in [5.41, 5.74) is 1.46. The summed E-state index contributed by atoms with van der Waals surface area (Å²) in [6.07, 6.45) is 0.884. The van der Waals surface area contributed by atoms with Crippen LogP contribution in [0.2, 0.25) is 0 Å². The number of benzene rings is 1. The van der Waals surface area contributed by atoms with E-state index >= 15 is 0 Å². The smallest absolute Gasteiger partial charge is 0.263 e. The van der Waals surface area contributed by atoms with E-state index in [1.165, 1.54) is 17.6 Å². The van der Waals surface area contributed by atoms with Crippen LogP contribution in [-0.2, 0) is 10.0 Å². The molecule has 9 heteroatoms. The Bertz CT molecular complexity index is 642. The third-order valence-corrected chi connectivity index (χ3v) is 4.65. The Labute approximate surface area is 127 Å². The number of hydrogen-bond acceptors (Lipinski definition) is 7. The predicted molar refractivity (Wildman–Crippen MR) is 81.2 cm³/mol. The lowest BCUT2D eigenvalue weighted by Crippen LogP contribution is -2.13. The van der Waals surface area contributed by atoms with E-state index in [1.54, 1.807) is 12.1 Å². The standard InChI is InChI=1S/C12H16N4O3S2/c1-13-7-2-8-19-10-3-5-11(6-4-10)21(17,18)16-12-15-14-9-20-12/h3-6,9,13H,2,7-8H2,1H3,(H,15,16). The Morgan fingerprint density at radius 1 is 1.29 bits per heavy atom. The molecule has 0 unspecified atom stereocenters. The van der Waals surface area contributed by atoms with Crippen LogP contribution in [0.15, 0.2) is 34.7 Å². The van der Waals surface area contributed by atoms with E-state index in [0.717, 1.165) is 24.3 Å². The minimum atomic E-state index is -3.64. The van der Waals surface area contributed by atoms with Crippen LogP contribution in [0.5, 0.6) is 5.75 Å². The highest BCUT2D eigenvalue weighted by Crippen LogP contribution is 2.19. The monoisotopic (exact) mass is 328 g/mol. The van der Waals surface area contributed by atoms with Gasteiger partial charge in [-0.3, -0.25) is 4.72 Å². The first-order chi connectivity index (χ1) is 10.1. The molecule has 0 radical (unpaired) electrons. The first kappa shape index (κ1) is 15.7. The molecule has 0 aliphatic carbocycles. The lowest BCUT2D eigenvalue weighted by atomic mass is 10.3. The van der Waals surface area contributed by atoms with Crippen molar-refractivity contribution >= 4 is 26.5 Å². The van der Waals surface area contributed by atoms with Crippen molar-refractivity contribution in [2.45, 2.75) is 11.3 Å². The van der Waals surface area contributed by atoms with Crippen molar-refractivity contribution in [3.8, 4) is 5.75 Å². The van der Waals surface area contributed by atoms with Crippen LogP contribution in [0.25, 0.3) is 0 Å².